The van der Waals surface area contributed by atoms with Crippen LogP contribution in [-0.4, -0.2) is 27.1 Å². The second kappa shape index (κ2) is 9.15. The number of aromatic nitrogens is 3. The van der Waals surface area contributed by atoms with Gasteiger partial charge in [-0.3, -0.25) is 4.79 Å². The molecule has 3 aromatic heterocycles. The summed E-state index contributed by atoms with van der Waals surface area (Å²) in [4.78, 5) is 35.3. The molecule has 8 heteroatoms. The summed E-state index contributed by atoms with van der Waals surface area (Å²) in [6, 6.07) is 18.4. The number of ether oxygens (including phenoxy) is 1. The van der Waals surface area contributed by atoms with Gasteiger partial charge in [-0.05, 0) is 43.7 Å². The van der Waals surface area contributed by atoms with E-state index in [1.807, 2.05) is 55.5 Å². The Hall–Kier alpha value is -3.91. The van der Waals surface area contributed by atoms with Gasteiger partial charge in [0.15, 0.2) is 5.16 Å². The van der Waals surface area contributed by atoms with Crippen molar-refractivity contribution in [1.82, 2.24) is 14.5 Å². The van der Waals surface area contributed by atoms with Crippen LogP contribution in [0.5, 0.6) is 0 Å². The quantitative estimate of drug-likeness (QED) is 0.189. The van der Waals surface area contributed by atoms with Crippen LogP contribution >= 0.6 is 11.8 Å². The predicted molar refractivity (Wildman–Crippen MR) is 132 cm³/mol. The number of nitrogens with zero attached hydrogens (tertiary/aromatic N) is 3. The molecule has 0 fully saturated rings. The predicted octanol–water partition coefficient (Wildman–Crippen LogP) is 5.30. The molecule has 0 bridgehead atoms. The number of benzene rings is 2. The molecule has 0 aliphatic rings. The zero-order valence-corrected chi connectivity index (χ0v) is 19.5. The molecule has 7 nitrogen and oxygen atoms in total. The van der Waals surface area contributed by atoms with E-state index in [0.717, 1.165) is 10.9 Å². The number of rotatable bonds is 6. The lowest BCUT2D eigenvalue weighted by Crippen LogP contribution is -2.22. The van der Waals surface area contributed by atoms with Crippen LogP contribution in [0, 0.1) is 6.92 Å². The molecule has 2 aromatic carbocycles. The molecular formula is C26H21N3O4S. The normalized spacial score (nSPS) is 11.2. The molecule has 0 aliphatic carbocycles. The monoisotopic (exact) mass is 471 g/mol. The Bertz CT molecular complexity index is 1570. The summed E-state index contributed by atoms with van der Waals surface area (Å²) in [5, 5.41) is 1.80. The number of furan rings is 1. The Morgan fingerprint density at radius 2 is 1.82 bits per heavy atom. The molecule has 0 amide bonds. The van der Waals surface area contributed by atoms with Crippen LogP contribution in [0.4, 0.5) is 0 Å². The summed E-state index contributed by atoms with van der Waals surface area (Å²) in [7, 11) is 0. The Morgan fingerprint density at radius 3 is 2.59 bits per heavy atom. The molecule has 5 aromatic rings. The van der Waals surface area contributed by atoms with Crippen molar-refractivity contribution < 1.29 is 13.9 Å². The highest BCUT2D eigenvalue weighted by Gasteiger charge is 2.23. The van der Waals surface area contributed by atoms with Gasteiger partial charge < -0.3 is 9.15 Å². The van der Waals surface area contributed by atoms with Crippen LogP contribution in [-0.2, 0) is 10.5 Å². The van der Waals surface area contributed by atoms with Crippen LogP contribution < -0.4 is 5.56 Å². The highest BCUT2D eigenvalue weighted by atomic mass is 32.2. The van der Waals surface area contributed by atoms with E-state index in [0.29, 0.717) is 38.8 Å². The van der Waals surface area contributed by atoms with E-state index in [1.165, 1.54) is 16.3 Å². The molecule has 5 rings (SSSR count). The van der Waals surface area contributed by atoms with Crippen molar-refractivity contribution in [3.63, 3.8) is 0 Å². The van der Waals surface area contributed by atoms with E-state index < -0.39 is 5.97 Å². The van der Waals surface area contributed by atoms with Gasteiger partial charge in [0.05, 0.1) is 17.5 Å². The number of fused-ring (bicyclic) bond motifs is 2. The average molecular weight is 472 g/mol. The number of hydrogen-bond donors (Lipinski definition) is 0. The number of para-hydroxylation sites is 2. The Balaban J connectivity index is 1.63. The molecule has 170 valence electrons. The van der Waals surface area contributed by atoms with Crippen LogP contribution in [0.15, 0.2) is 81.2 Å². The summed E-state index contributed by atoms with van der Waals surface area (Å²) >= 11 is 1.34. The third kappa shape index (κ3) is 3.97. The fourth-order valence-electron chi connectivity index (χ4n) is 3.74. The molecule has 0 atom stereocenters. The third-order valence-electron chi connectivity index (χ3n) is 5.37. The van der Waals surface area contributed by atoms with Gasteiger partial charge in [0.25, 0.3) is 5.56 Å². The number of carbonyl (C=O) groups is 1. The van der Waals surface area contributed by atoms with Crippen molar-refractivity contribution in [1.29, 1.82) is 0 Å². The first-order chi connectivity index (χ1) is 16.6. The number of hydrogen-bond acceptors (Lipinski definition) is 7. The van der Waals surface area contributed by atoms with Crippen molar-refractivity contribution >= 4 is 39.6 Å². The largest absolute Gasteiger partial charge is 0.460 e. The molecular weight excluding hydrogens is 450 g/mol. The third-order valence-corrected chi connectivity index (χ3v) is 6.34. The van der Waals surface area contributed by atoms with Crippen molar-refractivity contribution in [2.24, 2.45) is 0 Å². The van der Waals surface area contributed by atoms with Gasteiger partial charge in [0.1, 0.15) is 11.4 Å². The Kier molecular flexibility index (Phi) is 5.90. The second-order valence-electron chi connectivity index (χ2n) is 7.66. The SMILES string of the molecule is CCOC(=O)c1oc2ccccc2c1CSc1nc2ccccc2c(=O)n1-c1ccc(C)cn1. The zero-order valence-electron chi connectivity index (χ0n) is 18.6. The van der Waals surface area contributed by atoms with Crippen molar-refractivity contribution in [3.8, 4) is 5.82 Å². The molecule has 0 spiro atoms. The zero-order chi connectivity index (χ0) is 23.7. The second-order valence-corrected chi connectivity index (χ2v) is 8.60. The van der Waals surface area contributed by atoms with Gasteiger partial charge in [-0.2, -0.15) is 0 Å². The summed E-state index contributed by atoms with van der Waals surface area (Å²) in [5.74, 6) is 0.484. The Morgan fingerprint density at radius 1 is 1.06 bits per heavy atom. The summed E-state index contributed by atoms with van der Waals surface area (Å²) in [6.45, 7) is 3.93. The van der Waals surface area contributed by atoms with Crippen LogP contribution in [0.2, 0.25) is 0 Å². The fraction of sp³-hybridized carbons (Fsp3) is 0.154. The van der Waals surface area contributed by atoms with E-state index >= 15 is 0 Å². The highest BCUT2D eigenvalue weighted by Crippen LogP contribution is 2.32. The van der Waals surface area contributed by atoms with Gasteiger partial charge in [-0.25, -0.2) is 19.3 Å². The number of carbonyl (C=O) groups excluding carboxylic acids is 1. The van der Waals surface area contributed by atoms with Gasteiger partial charge in [-0.15, -0.1) is 0 Å². The summed E-state index contributed by atoms with van der Waals surface area (Å²) < 4.78 is 12.6. The first-order valence-corrected chi connectivity index (χ1v) is 11.8. The summed E-state index contributed by atoms with van der Waals surface area (Å²) in [6.07, 6.45) is 1.72. The molecule has 0 aliphatic heterocycles. The van der Waals surface area contributed by atoms with Crippen molar-refractivity contribution in [3.05, 3.63) is 94.1 Å². The first kappa shape index (κ1) is 21.9. The number of aryl methyl sites for hydroxylation is 1. The van der Waals surface area contributed by atoms with E-state index in [9.17, 15) is 9.59 Å². The Labute approximate surface area is 199 Å². The van der Waals surface area contributed by atoms with Crippen LogP contribution in [0.25, 0.3) is 27.7 Å². The smallest absolute Gasteiger partial charge is 0.374 e. The molecule has 0 unspecified atom stereocenters. The summed E-state index contributed by atoms with van der Waals surface area (Å²) in [5.41, 5.74) is 2.69. The molecule has 34 heavy (non-hydrogen) atoms. The maximum absolute atomic E-state index is 13.4. The van der Waals surface area contributed by atoms with Crippen LogP contribution in [0.3, 0.4) is 0 Å². The fourth-order valence-corrected chi connectivity index (χ4v) is 4.77. The topological polar surface area (TPSA) is 87.2 Å². The number of esters is 1. The molecule has 0 N–H and O–H groups in total. The van der Waals surface area contributed by atoms with E-state index in [4.69, 9.17) is 14.1 Å². The van der Waals surface area contributed by atoms with Gasteiger partial charge >= 0.3 is 5.97 Å². The van der Waals surface area contributed by atoms with E-state index in [1.54, 1.807) is 25.3 Å². The van der Waals surface area contributed by atoms with Crippen molar-refractivity contribution in [2.45, 2.75) is 24.8 Å². The maximum Gasteiger partial charge on any atom is 0.374 e. The number of thioether (sulfide) groups is 1. The van der Waals surface area contributed by atoms with Gasteiger partial charge in [-0.1, -0.05) is 48.2 Å². The minimum absolute atomic E-state index is 0.165. The first-order valence-electron chi connectivity index (χ1n) is 10.8. The molecule has 0 saturated heterocycles. The highest BCUT2D eigenvalue weighted by molar-refractivity contribution is 7.98. The maximum atomic E-state index is 13.4. The lowest BCUT2D eigenvalue weighted by atomic mass is 10.1. The molecule has 0 radical (unpaired) electrons. The van der Waals surface area contributed by atoms with Crippen LogP contribution in [0.1, 0.15) is 28.6 Å². The lowest BCUT2D eigenvalue weighted by Gasteiger charge is -2.12. The average Bonchev–Trinajstić information content (AvgIpc) is 3.23. The van der Waals surface area contributed by atoms with Crippen molar-refractivity contribution in [2.75, 3.05) is 6.61 Å². The standard InChI is InChI=1S/C26H21N3O4S/c1-3-32-25(31)23-19(17-8-5-7-11-21(17)33-23)15-34-26-28-20-10-6-4-9-18(20)24(30)29(26)22-13-12-16(2)14-27-22/h4-14H,3,15H2,1-2H3. The van der Waals surface area contributed by atoms with E-state index in [-0.39, 0.29) is 17.9 Å². The van der Waals surface area contributed by atoms with Gasteiger partial charge in [0, 0.05) is 22.9 Å². The van der Waals surface area contributed by atoms with Gasteiger partial charge in [0.2, 0.25) is 5.76 Å². The van der Waals surface area contributed by atoms with E-state index in [2.05, 4.69) is 4.98 Å². The minimum Gasteiger partial charge on any atom is -0.460 e. The molecule has 3 heterocycles. The molecule has 0 saturated carbocycles. The number of pyridine rings is 1. The minimum atomic E-state index is -0.515. The lowest BCUT2D eigenvalue weighted by molar-refractivity contribution is 0.0491.